The smallest absolute Gasteiger partial charge is 0.264 e. The van der Waals surface area contributed by atoms with E-state index in [2.05, 4.69) is 31.0 Å². The van der Waals surface area contributed by atoms with Gasteiger partial charge in [-0.1, -0.05) is 17.8 Å². The molecular weight excluding hydrogens is 371 g/mol. The summed E-state index contributed by atoms with van der Waals surface area (Å²) in [6.45, 7) is 0. The first-order valence-electron chi connectivity index (χ1n) is 7.69. The predicted octanol–water partition coefficient (Wildman–Crippen LogP) is 1.70. The van der Waals surface area contributed by atoms with Crippen LogP contribution in [-0.2, 0) is 4.79 Å². The summed E-state index contributed by atoms with van der Waals surface area (Å²) in [4.78, 5) is 15.9. The Morgan fingerprint density at radius 1 is 1.30 bits per heavy atom. The second-order valence-corrected chi connectivity index (χ2v) is 6.12. The number of benzene rings is 1. The zero-order valence-corrected chi connectivity index (χ0v) is 14.7. The van der Waals surface area contributed by atoms with Crippen LogP contribution in [0.15, 0.2) is 59.0 Å². The monoisotopic (exact) mass is 386 g/mol. The Bertz CT molecular complexity index is 929. The van der Waals surface area contributed by atoms with Crippen molar-refractivity contribution in [2.24, 2.45) is 5.10 Å². The van der Waals surface area contributed by atoms with Gasteiger partial charge in [0.25, 0.3) is 5.95 Å². The number of hydrazone groups is 1. The standard InChI is InChI=1S/C16H15FN8OS/c17-12-3-5-13(6-4-12)21-14(26)10-27-16-24-23-15(25(16)18)22-20-9-11-2-1-7-19-8-11/h1-9H,10,18H2,(H,21,26)(H,22,23)/b20-9+. The van der Waals surface area contributed by atoms with Crippen LogP contribution < -0.4 is 16.6 Å². The number of nitrogens with two attached hydrogens (primary N) is 1. The van der Waals surface area contributed by atoms with Crippen LogP contribution >= 0.6 is 11.8 Å². The summed E-state index contributed by atoms with van der Waals surface area (Å²) in [5, 5.41) is 14.8. The molecule has 0 saturated carbocycles. The molecule has 3 aromatic rings. The van der Waals surface area contributed by atoms with Crippen molar-refractivity contribution in [3.8, 4) is 0 Å². The molecule has 0 radical (unpaired) electrons. The minimum Gasteiger partial charge on any atom is -0.334 e. The number of hydrogen-bond donors (Lipinski definition) is 3. The Kier molecular flexibility index (Phi) is 5.94. The second-order valence-electron chi connectivity index (χ2n) is 5.18. The fourth-order valence-electron chi connectivity index (χ4n) is 1.93. The molecule has 1 amide bonds. The Balaban J connectivity index is 1.51. The van der Waals surface area contributed by atoms with Gasteiger partial charge in [0, 0.05) is 23.6 Å². The Morgan fingerprint density at radius 2 is 2.11 bits per heavy atom. The Morgan fingerprint density at radius 3 is 2.85 bits per heavy atom. The lowest BCUT2D eigenvalue weighted by atomic mass is 10.3. The average molecular weight is 386 g/mol. The van der Waals surface area contributed by atoms with Crippen LogP contribution in [0.25, 0.3) is 0 Å². The molecule has 11 heteroatoms. The summed E-state index contributed by atoms with van der Waals surface area (Å²) in [5.74, 6) is 5.52. The highest BCUT2D eigenvalue weighted by Gasteiger charge is 2.12. The van der Waals surface area contributed by atoms with Gasteiger partial charge >= 0.3 is 0 Å². The first kappa shape index (κ1) is 18.3. The van der Waals surface area contributed by atoms with Gasteiger partial charge in [0.2, 0.25) is 11.1 Å². The molecule has 4 N–H and O–H groups in total. The molecule has 0 bridgehead atoms. The van der Waals surface area contributed by atoms with E-state index in [0.29, 0.717) is 10.8 Å². The van der Waals surface area contributed by atoms with Gasteiger partial charge in [-0.2, -0.15) is 5.10 Å². The van der Waals surface area contributed by atoms with Crippen LogP contribution in [0.5, 0.6) is 0 Å². The van der Waals surface area contributed by atoms with Crippen molar-refractivity contribution >= 4 is 35.5 Å². The van der Waals surface area contributed by atoms with E-state index in [4.69, 9.17) is 5.84 Å². The number of amides is 1. The summed E-state index contributed by atoms with van der Waals surface area (Å²) < 4.78 is 14.0. The zero-order chi connectivity index (χ0) is 19.1. The topological polar surface area (TPSA) is 123 Å². The average Bonchev–Trinajstić information content (AvgIpc) is 3.03. The molecule has 0 unspecified atom stereocenters. The van der Waals surface area contributed by atoms with Gasteiger partial charge in [-0.15, -0.1) is 10.2 Å². The van der Waals surface area contributed by atoms with Crippen molar-refractivity contribution in [1.29, 1.82) is 0 Å². The molecule has 0 aliphatic heterocycles. The molecule has 3 rings (SSSR count). The molecular formula is C16H15FN8OS. The van der Waals surface area contributed by atoms with Crippen LogP contribution in [0.4, 0.5) is 16.0 Å². The molecule has 0 aliphatic carbocycles. The van der Waals surface area contributed by atoms with E-state index in [-0.39, 0.29) is 23.4 Å². The van der Waals surface area contributed by atoms with Crippen LogP contribution in [0.3, 0.4) is 0 Å². The molecule has 2 aromatic heterocycles. The van der Waals surface area contributed by atoms with Gasteiger partial charge in [-0.3, -0.25) is 9.78 Å². The molecule has 0 spiro atoms. The van der Waals surface area contributed by atoms with E-state index < -0.39 is 0 Å². The summed E-state index contributed by atoms with van der Waals surface area (Å²) in [6, 6.07) is 9.12. The summed E-state index contributed by atoms with van der Waals surface area (Å²) in [5.41, 5.74) is 3.98. The van der Waals surface area contributed by atoms with E-state index in [9.17, 15) is 9.18 Å². The highest BCUT2D eigenvalue weighted by Crippen LogP contribution is 2.17. The maximum atomic E-state index is 12.9. The molecule has 0 saturated heterocycles. The van der Waals surface area contributed by atoms with Gasteiger partial charge in [0.05, 0.1) is 12.0 Å². The first-order chi connectivity index (χ1) is 13.1. The number of carbonyl (C=O) groups is 1. The quantitative estimate of drug-likeness (QED) is 0.244. The number of nitrogens with one attached hydrogen (secondary N) is 2. The van der Waals surface area contributed by atoms with Crippen molar-refractivity contribution in [1.82, 2.24) is 19.9 Å². The summed E-state index contributed by atoms with van der Waals surface area (Å²) in [7, 11) is 0. The second kappa shape index (κ2) is 8.76. The number of pyridine rings is 1. The number of aromatic nitrogens is 4. The number of carbonyl (C=O) groups excluding carboxylic acids is 1. The largest absolute Gasteiger partial charge is 0.334 e. The molecule has 1 aromatic carbocycles. The molecule has 0 atom stereocenters. The molecule has 0 aliphatic rings. The van der Waals surface area contributed by atoms with Crippen molar-refractivity contribution < 1.29 is 9.18 Å². The van der Waals surface area contributed by atoms with E-state index in [1.165, 1.54) is 28.9 Å². The van der Waals surface area contributed by atoms with E-state index >= 15 is 0 Å². The number of hydrogen-bond acceptors (Lipinski definition) is 8. The van der Waals surface area contributed by atoms with E-state index in [0.717, 1.165) is 17.3 Å². The minimum atomic E-state index is -0.371. The van der Waals surface area contributed by atoms with Gasteiger partial charge in [0.1, 0.15) is 5.82 Å². The number of nitrogens with zero attached hydrogens (tertiary/aromatic N) is 5. The fraction of sp³-hybridized carbons (Fsp3) is 0.0625. The third-order valence-electron chi connectivity index (χ3n) is 3.19. The number of rotatable bonds is 7. The van der Waals surface area contributed by atoms with Crippen LogP contribution in [0.2, 0.25) is 0 Å². The molecule has 2 heterocycles. The Hall–Kier alpha value is -3.47. The van der Waals surface area contributed by atoms with Gasteiger partial charge in [0.15, 0.2) is 0 Å². The highest BCUT2D eigenvalue weighted by molar-refractivity contribution is 7.99. The van der Waals surface area contributed by atoms with Crippen LogP contribution in [0.1, 0.15) is 5.56 Å². The maximum absolute atomic E-state index is 12.9. The predicted molar refractivity (Wildman–Crippen MR) is 101 cm³/mol. The van der Waals surface area contributed by atoms with Crippen molar-refractivity contribution in [2.45, 2.75) is 5.16 Å². The summed E-state index contributed by atoms with van der Waals surface area (Å²) >= 11 is 1.10. The summed E-state index contributed by atoms with van der Waals surface area (Å²) in [6.07, 6.45) is 4.88. The first-order valence-corrected chi connectivity index (χ1v) is 8.68. The third kappa shape index (κ3) is 5.25. The van der Waals surface area contributed by atoms with Crippen LogP contribution in [-0.4, -0.2) is 37.7 Å². The third-order valence-corrected chi connectivity index (χ3v) is 4.13. The Labute approximate surface area is 157 Å². The van der Waals surface area contributed by atoms with Crippen molar-refractivity contribution in [2.75, 3.05) is 22.3 Å². The van der Waals surface area contributed by atoms with Gasteiger partial charge in [-0.05, 0) is 30.3 Å². The van der Waals surface area contributed by atoms with Gasteiger partial charge in [-0.25, -0.2) is 14.5 Å². The molecule has 0 fully saturated rings. The lowest BCUT2D eigenvalue weighted by Crippen LogP contribution is -2.16. The van der Waals surface area contributed by atoms with Crippen molar-refractivity contribution in [3.05, 3.63) is 60.2 Å². The fourth-order valence-corrected chi connectivity index (χ4v) is 2.59. The van der Waals surface area contributed by atoms with E-state index in [1.54, 1.807) is 24.7 Å². The normalized spacial score (nSPS) is 10.9. The SMILES string of the molecule is Nn1c(N/N=C/c2cccnc2)nnc1SCC(=O)Nc1ccc(F)cc1. The maximum Gasteiger partial charge on any atom is 0.264 e. The zero-order valence-electron chi connectivity index (χ0n) is 13.9. The minimum absolute atomic E-state index is 0.0612. The highest BCUT2D eigenvalue weighted by atomic mass is 32.2. The number of halogens is 1. The lowest BCUT2D eigenvalue weighted by molar-refractivity contribution is -0.113. The number of anilines is 2. The van der Waals surface area contributed by atoms with Crippen molar-refractivity contribution in [3.63, 3.8) is 0 Å². The number of nitrogen functional groups attached to an aromatic ring is 1. The van der Waals surface area contributed by atoms with Gasteiger partial charge < -0.3 is 11.2 Å². The number of thioether (sulfide) groups is 1. The van der Waals surface area contributed by atoms with E-state index in [1.807, 2.05) is 6.07 Å². The van der Waals surface area contributed by atoms with Crippen LogP contribution in [0, 0.1) is 5.82 Å². The molecule has 138 valence electrons. The molecule has 9 nitrogen and oxygen atoms in total. The lowest BCUT2D eigenvalue weighted by Gasteiger charge is -2.05. The molecule has 27 heavy (non-hydrogen) atoms.